The van der Waals surface area contributed by atoms with Gasteiger partial charge in [-0.2, -0.15) is 0 Å². The number of benzene rings is 2. The fourth-order valence-corrected chi connectivity index (χ4v) is 3.28. The van der Waals surface area contributed by atoms with Gasteiger partial charge in [-0.3, -0.25) is 9.78 Å². The zero-order chi connectivity index (χ0) is 19.4. The Morgan fingerprint density at radius 3 is 2.63 bits per heavy atom. The van der Waals surface area contributed by atoms with E-state index in [2.05, 4.69) is 4.98 Å². The van der Waals surface area contributed by atoms with E-state index in [1.165, 1.54) is 18.2 Å². The smallest absolute Gasteiger partial charge is 0.254 e. The van der Waals surface area contributed by atoms with Gasteiger partial charge in [0.1, 0.15) is 5.82 Å². The van der Waals surface area contributed by atoms with Crippen LogP contribution in [0.15, 0.2) is 67.0 Å². The molecule has 0 aliphatic heterocycles. The Balaban J connectivity index is 1.99. The molecular formula is C21H17Cl2FN2O. The van der Waals surface area contributed by atoms with Crippen molar-refractivity contribution in [1.82, 2.24) is 9.88 Å². The standard InChI is InChI=1S/C21H17Cl2FN2O/c1-14(16-5-3-9-25-12-16)26(13-17-7-8-18(22)11-20(17)23)21(27)15-4-2-6-19(24)10-15/h2-12,14H,13H2,1H3/t14-/m1/s1. The molecule has 0 unspecified atom stereocenters. The summed E-state index contributed by atoms with van der Waals surface area (Å²) in [5.41, 5.74) is 1.89. The number of hydrogen-bond donors (Lipinski definition) is 0. The Kier molecular flexibility index (Phi) is 6.09. The van der Waals surface area contributed by atoms with E-state index in [1.54, 1.807) is 41.6 Å². The van der Waals surface area contributed by atoms with Crippen molar-refractivity contribution in [2.75, 3.05) is 0 Å². The molecule has 6 heteroatoms. The molecule has 1 heterocycles. The predicted octanol–water partition coefficient (Wildman–Crippen LogP) is 5.93. The van der Waals surface area contributed by atoms with Crippen LogP contribution >= 0.6 is 23.2 Å². The molecule has 0 aliphatic rings. The number of halogens is 3. The third kappa shape index (κ3) is 4.65. The first-order chi connectivity index (χ1) is 13.0. The minimum Gasteiger partial charge on any atom is -0.327 e. The van der Waals surface area contributed by atoms with Crippen molar-refractivity contribution in [1.29, 1.82) is 0 Å². The molecule has 3 nitrogen and oxygen atoms in total. The van der Waals surface area contributed by atoms with Crippen molar-refractivity contribution in [2.24, 2.45) is 0 Å². The molecule has 0 aliphatic carbocycles. The van der Waals surface area contributed by atoms with Gasteiger partial charge in [-0.15, -0.1) is 0 Å². The summed E-state index contributed by atoms with van der Waals surface area (Å²) in [7, 11) is 0. The maximum absolute atomic E-state index is 13.6. The summed E-state index contributed by atoms with van der Waals surface area (Å²) in [4.78, 5) is 18.9. The summed E-state index contributed by atoms with van der Waals surface area (Å²) in [5.74, 6) is -0.753. The van der Waals surface area contributed by atoms with Crippen LogP contribution in [0, 0.1) is 5.82 Å². The van der Waals surface area contributed by atoms with Gasteiger partial charge >= 0.3 is 0 Å². The third-order valence-electron chi connectivity index (χ3n) is 4.32. The number of rotatable bonds is 5. The summed E-state index contributed by atoms with van der Waals surface area (Å²) in [6.07, 6.45) is 3.38. The van der Waals surface area contributed by atoms with E-state index in [4.69, 9.17) is 23.2 Å². The average Bonchev–Trinajstić information content (AvgIpc) is 2.67. The predicted molar refractivity (Wildman–Crippen MR) is 105 cm³/mol. The Hall–Kier alpha value is -2.43. The molecule has 1 aromatic heterocycles. The Labute approximate surface area is 167 Å². The molecule has 1 atom stereocenters. The quantitative estimate of drug-likeness (QED) is 0.529. The molecule has 0 spiro atoms. The minimum atomic E-state index is -0.459. The molecule has 2 aromatic carbocycles. The molecule has 0 saturated carbocycles. The normalized spacial score (nSPS) is 11.9. The molecular weight excluding hydrogens is 386 g/mol. The molecule has 138 valence electrons. The fourth-order valence-electron chi connectivity index (χ4n) is 2.81. The molecule has 3 aromatic rings. The van der Waals surface area contributed by atoms with Gasteiger partial charge in [-0.25, -0.2) is 4.39 Å². The Morgan fingerprint density at radius 1 is 1.15 bits per heavy atom. The van der Waals surface area contributed by atoms with Crippen LogP contribution in [0.5, 0.6) is 0 Å². The summed E-state index contributed by atoms with van der Waals surface area (Å²) in [5, 5.41) is 0.991. The minimum absolute atomic E-state index is 0.251. The summed E-state index contributed by atoms with van der Waals surface area (Å²) < 4.78 is 13.6. The molecule has 27 heavy (non-hydrogen) atoms. The number of nitrogens with zero attached hydrogens (tertiary/aromatic N) is 2. The lowest BCUT2D eigenvalue weighted by Gasteiger charge is -2.30. The summed E-state index contributed by atoms with van der Waals surface area (Å²) in [6, 6.07) is 14.2. The zero-order valence-corrected chi connectivity index (χ0v) is 16.1. The number of amides is 1. The molecule has 0 bridgehead atoms. The van der Waals surface area contributed by atoms with Crippen molar-refractivity contribution < 1.29 is 9.18 Å². The maximum Gasteiger partial charge on any atom is 0.254 e. The average molecular weight is 403 g/mol. The van der Waals surface area contributed by atoms with E-state index in [0.29, 0.717) is 10.0 Å². The van der Waals surface area contributed by atoms with E-state index in [0.717, 1.165) is 11.1 Å². The van der Waals surface area contributed by atoms with Crippen LogP contribution in [0.25, 0.3) is 0 Å². The van der Waals surface area contributed by atoms with Gasteiger partial charge < -0.3 is 4.90 Å². The zero-order valence-electron chi connectivity index (χ0n) is 14.6. The summed E-state index contributed by atoms with van der Waals surface area (Å²) in [6.45, 7) is 2.15. The highest BCUT2D eigenvalue weighted by Crippen LogP contribution is 2.28. The number of carbonyl (C=O) groups excluding carboxylic acids is 1. The van der Waals surface area contributed by atoms with Crippen molar-refractivity contribution in [3.8, 4) is 0 Å². The summed E-state index contributed by atoms with van der Waals surface area (Å²) >= 11 is 12.3. The molecule has 0 saturated heterocycles. The first-order valence-corrected chi connectivity index (χ1v) is 9.11. The van der Waals surface area contributed by atoms with E-state index in [-0.39, 0.29) is 24.1 Å². The lowest BCUT2D eigenvalue weighted by atomic mass is 10.1. The van der Waals surface area contributed by atoms with Crippen LogP contribution < -0.4 is 0 Å². The highest BCUT2D eigenvalue weighted by Gasteiger charge is 2.24. The second-order valence-electron chi connectivity index (χ2n) is 6.14. The largest absolute Gasteiger partial charge is 0.327 e. The molecule has 3 rings (SSSR count). The van der Waals surface area contributed by atoms with Crippen molar-refractivity contribution in [2.45, 2.75) is 19.5 Å². The highest BCUT2D eigenvalue weighted by atomic mass is 35.5. The van der Waals surface area contributed by atoms with Crippen LogP contribution in [0.3, 0.4) is 0 Å². The van der Waals surface area contributed by atoms with Gasteiger partial charge in [0.25, 0.3) is 5.91 Å². The Bertz CT molecular complexity index is 950. The van der Waals surface area contributed by atoms with Crippen molar-refractivity contribution >= 4 is 29.1 Å². The van der Waals surface area contributed by atoms with Gasteiger partial charge in [0.05, 0.1) is 6.04 Å². The van der Waals surface area contributed by atoms with Crippen molar-refractivity contribution in [3.63, 3.8) is 0 Å². The number of aromatic nitrogens is 1. The number of pyridine rings is 1. The maximum atomic E-state index is 13.6. The van der Waals surface area contributed by atoms with Crippen LogP contribution in [-0.2, 0) is 6.54 Å². The van der Waals surface area contributed by atoms with E-state index in [9.17, 15) is 9.18 Å². The molecule has 0 fully saturated rings. The lowest BCUT2D eigenvalue weighted by molar-refractivity contribution is 0.0673. The van der Waals surface area contributed by atoms with Gasteiger partial charge in [0.2, 0.25) is 0 Å². The molecule has 0 radical (unpaired) electrons. The second kappa shape index (κ2) is 8.51. The highest BCUT2D eigenvalue weighted by molar-refractivity contribution is 6.35. The van der Waals surface area contributed by atoms with Gasteiger partial charge in [0, 0.05) is 34.5 Å². The van der Waals surface area contributed by atoms with Crippen LogP contribution in [0.2, 0.25) is 10.0 Å². The molecule has 0 N–H and O–H groups in total. The second-order valence-corrected chi connectivity index (χ2v) is 6.99. The fraction of sp³-hybridized carbons (Fsp3) is 0.143. The van der Waals surface area contributed by atoms with Gasteiger partial charge in [-0.05, 0) is 54.4 Å². The van der Waals surface area contributed by atoms with Crippen LogP contribution in [0.1, 0.15) is 34.5 Å². The van der Waals surface area contributed by atoms with Gasteiger partial charge in [-0.1, -0.05) is 41.4 Å². The number of hydrogen-bond acceptors (Lipinski definition) is 2. The van der Waals surface area contributed by atoms with Crippen LogP contribution in [-0.4, -0.2) is 15.8 Å². The van der Waals surface area contributed by atoms with E-state index in [1.807, 2.05) is 19.1 Å². The monoisotopic (exact) mass is 402 g/mol. The molecule has 1 amide bonds. The SMILES string of the molecule is C[C@H](c1cccnc1)N(Cc1ccc(Cl)cc1Cl)C(=O)c1cccc(F)c1. The Morgan fingerprint density at radius 2 is 1.96 bits per heavy atom. The first-order valence-electron chi connectivity index (χ1n) is 8.36. The van der Waals surface area contributed by atoms with Gasteiger partial charge in [0.15, 0.2) is 0 Å². The van der Waals surface area contributed by atoms with E-state index < -0.39 is 5.82 Å². The van der Waals surface area contributed by atoms with Crippen molar-refractivity contribution in [3.05, 3.63) is 99.5 Å². The number of carbonyl (C=O) groups is 1. The van der Waals surface area contributed by atoms with Crippen LogP contribution in [0.4, 0.5) is 4.39 Å². The topological polar surface area (TPSA) is 33.2 Å². The van der Waals surface area contributed by atoms with E-state index >= 15 is 0 Å². The third-order valence-corrected chi connectivity index (χ3v) is 4.91. The lowest BCUT2D eigenvalue weighted by Crippen LogP contribution is -2.33. The first kappa shape index (κ1) is 19.3.